The van der Waals surface area contributed by atoms with Crippen LogP contribution in [0.15, 0.2) is 41.3 Å². The maximum Gasteiger partial charge on any atom is 0.303 e. The minimum Gasteiger partial charge on any atom is -0.494 e. The van der Waals surface area contributed by atoms with E-state index in [1.165, 1.54) is 21.6 Å². The summed E-state index contributed by atoms with van der Waals surface area (Å²) in [6.45, 7) is 4.99. The minimum absolute atomic E-state index is 0.280. The molecule has 0 aliphatic carbocycles. The molecule has 0 atom stereocenters. The molecular formula is C25H35NO3S2. The molecule has 0 aliphatic rings. The van der Waals surface area contributed by atoms with Crippen LogP contribution >= 0.6 is 23.7 Å². The number of ether oxygens (including phenoxy) is 1. The Kier molecular flexibility index (Phi) is 11.8. The van der Waals surface area contributed by atoms with Gasteiger partial charge in [0.25, 0.3) is 0 Å². The Morgan fingerprint density at radius 2 is 1.77 bits per heavy atom. The van der Waals surface area contributed by atoms with Crippen molar-refractivity contribution in [2.45, 2.75) is 63.7 Å². The third-order valence-corrected chi connectivity index (χ3v) is 6.54. The number of carbonyl (C=O) groups is 1. The molecule has 170 valence electrons. The second kappa shape index (κ2) is 14.3. The molecule has 0 radical (unpaired) electrons. The smallest absolute Gasteiger partial charge is 0.303 e. The van der Waals surface area contributed by atoms with Gasteiger partial charge >= 0.3 is 5.97 Å². The number of aryl methyl sites for hydroxylation is 3. The average molecular weight is 462 g/mol. The van der Waals surface area contributed by atoms with Crippen LogP contribution in [0, 0.1) is 13.8 Å². The molecule has 0 aliphatic heterocycles. The van der Waals surface area contributed by atoms with E-state index in [0.29, 0.717) is 0 Å². The van der Waals surface area contributed by atoms with Crippen LogP contribution in [0.1, 0.15) is 55.2 Å². The van der Waals surface area contributed by atoms with Crippen molar-refractivity contribution in [1.82, 2.24) is 0 Å². The van der Waals surface area contributed by atoms with Crippen LogP contribution in [0.4, 0.5) is 5.69 Å². The van der Waals surface area contributed by atoms with Gasteiger partial charge in [0, 0.05) is 11.3 Å². The summed E-state index contributed by atoms with van der Waals surface area (Å²) in [5, 5.41) is 8.70. The second-order valence-corrected chi connectivity index (χ2v) is 9.65. The van der Waals surface area contributed by atoms with Crippen LogP contribution in [0.25, 0.3) is 0 Å². The summed E-state index contributed by atoms with van der Waals surface area (Å²) in [5.74, 6) is 1.37. The van der Waals surface area contributed by atoms with Gasteiger partial charge in [0.2, 0.25) is 0 Å². The number of hydrogen-bond acceptors (Lipinski definition) is 5. The van der Waals surface area contributed by atoms with Crippen LogP contribution in [0.5, 0.6) is 5.75 Å². The Balaban J connectivity index is 1.83. The van der Waals surface area contributed by atoms with Gasteiger partial charge in [0.15, 0.2) is 0 Å². The third kappa shape index (κ3) is 9.92. The molecule has 2 aromatic rings. The first-order valence-electron chi connectivity index (χ1n) is 11.0. The molecule has 0 saturated carbocycles. The lowest BCUT2D eigenvalue weighted by Crippen LogP contribution is -2.01. The lowest BCUT2D eigenvalue weighted by atomic mass is 10.1. The van der Waals surface area contributed by atoms with E-state index in [1.807, 2.05) is 11.8 Å². The summed E-state index contributed by atoms with van der Waals surface area (Å²) in [5.41, 5.74) is 4.84. The number of carboxylic acid groups (broad SMARTS) is 1. The number of carboxylic acids is 1. The summed E-state index contributed by atoms with van der Waals surface area (Å²) in [7, 11) is 0. The molecule has 0 bridgehead atoms. The van der Waals surface area contributed by atoms with Gasteiger partial charge in [0.05, 0.1) is 12.3 Å². The first-order chi connectivity index (χ1) is 15.0. The number of rotatable bonds is 15. The number of anilines is 1. The van der Waals surface area contributed by atoms with Crippen molar-refractivity contribution in [2.24, 2.45) is 0 Å². The average Bonchev–Trinajstić information content (AvgIpc) is 2.73. The van der Waals surface area contributed by atoms with E-state index in [-0.39, 0.29) is 6.42 Å². The first kappa shape index (κ1) is 25.5. The molecule has 0 unspecified atom stereocenters. The number of thioether (sulfide) groups is 1. The Bertz CT molecular complexity index is 803. The fourth-order valence-corrected chi connectivity index (χ4v) is 4.70. The second-order valence-electron chi connectivity index (χ2n) is 7.79. The lowest BCUT2D eigenvalue weighted by molar-refractivity contribution is -0.137. The van der Waals surface area contributed by atoms with Gasteiger partial charge in [-0.15, -0.1) is 0 Å². The van der Waals surface area contributed by atoms with Gasteiger partial charge in [-0.3, -0.25) is 4.79 Å². The molecule has 0 amide bonds. The van der Waals surface area contributed by atoms with Gasteiger partial charge in [-0.25, -0.2) is 0 Å². The molecule has 4 nitrogen and oxygen atoms in total. The molecule has 0 spiro atoms. The Morgan fingerprint density at radius 3 is 2.48 bits per heavy atom. The van der Waals surface area contributed by atoms with Crippen LogP contribution in [0.2, 0.25) is 0 Å². The predicted molar refractivity (Wildman–Crippen MR) is 135 cm³/mol. The molecule has 0 saturated heterocycles. The van der Waals surface area contributed by atoms with E-state index in [2.05, 4.69) is 61.2 Å². The van der Waals surface area contributed by atoms with Gasteiger partial charge in [0.1, 0.15) is 5.75 Å². The van der Waals surface area contributed by atoms with Crippen LogP contribution in [-0.4, -0.2) is 29.7 Å². The molecular weight excluding hydrogens is 426 g/mol. The fraction of sp³-hybridized carbons (Fsp3) is 0.480. The van der Waals surface area contributed by atoms with Crippen molar-refractivity contribution in [3.8, 4) is 5.75 Å². The van der Waals surface area contributed by atoms with Crippen molar-refractivity contribution in [3.63, 3.8) is 0 Å². The summed E-state index contributed by atoms with van der Waals surface area (Å²) in [4.78, 5) is 11.8. The SMILES string of the molecule is CSCCCOc1cc(C)c(NSc2cccc(CCCCCCC(=O)O)c2)c(C)c1. The lowest BCUT2D eigenvalue weighted by Gasteiger charge is -2.15. The number of hydrogen-bond donors (Lipinski definition) is 2. The van der Waals surface area contributed by atoms with E-state index < -0.39 is 5.97 Å². The number of benzene rings is 2. The first-order valence-corrected chi connectivity index (χ1v) is 13.2. The fourth-order valence-electron chi connectivity index (χ4n) is 3.39. The zero-order valence-corrected chi connectivity index (χ0v) is 20.5. The Labute approximate surface area is 195 Å². The van der Waals surface area contributed by atoms with Crippen molar-refractivity contribution < 1.29 is 14.6 Å². The van der Waals surface area contributed by atoms with Crippen molar-refractivity contribution in [3.05, 3.63) is 53.1 Å². The largest absolute Gasteiger partial charge is 0.494 e. The van der Waals surface area contributed by atoms with Crippen molar-refractivity contribution in [2.75, 3.05) is 23.3 Å². The quantitative estimate of drug-likeness (QED) is 0.217. The zero-order valence-electron chi connectivity index (χ0n) is 18.9. The summed E-state index contributed by atoms with van der Waals surface area (Å²) in [6.07, 6.45) is 8.42. The molecule has 2 rings (SSSR count). The van der Waals surface area contributed by atoms with Crippen LogP contribution < -0.4 is 9.46 Å². The van der Waals surface area contributed by atoms with Crippen molar-refractivity contribution >= 4 is 35.4 Å². The molecule has 0 fully saturated rings. The summed E-state index contributed by atoms with van der Waals surface area (Å²) < 4.78 is 9.43. The number of nitrogens with one attached hydrogen (secondary N) is 1. The molecule has 0 heterocycles. The molecule has 0 aromatic heterocycles. The highest BCUT2D eigenvalue weighted by Gasteiger charge is 2.07. The Morgan fingerprint density at radius 1 is 1.03 bits per heavy atom. The molecule has 2 aromatic carbocycles. The maximum atomic E-state index is 10.6. The summed E-state index contributed by atoms with van der Waals surface area (Å²) in [6, 6.07) is 12.9. The summed E-state index contributed by atoms with van der Waals surface area (Å²) >= 11 is 3.48. The van der Waals surface area contributed by atoms with E-state index in [4.69, 9.17) is 9.84 Å². The van der Waals surface area contributed by atoms with Crippen LogP contribution in [-0.2, 0) is 11.2 Å². The molecule has 31 heavy (non-hydrogen) atoms. The van der Waals surface area contributed by atoms with E-state index in [0.717, 1.165) is 62.3 Å². The number of unbranched alkanes of at least 4 members (excludes halogenated alkanes) is 3. The highest BCUT2D eigenvalue weighted by atomic mass is 32.2. The van der Waals surface area contributed by atoms with Gasteiger partial charge in [-0.1, -0.05) is 25.0 Å². The maximum absolute atomic E-state index is 10.6. The van der Waals surface area contributed by atoms with Gasteiger partial charge in [-0.05, 0) is 104 Å². The number of aliphatic carboxylic acids is 1. The topological polar surface area (TPSA) is 58.6 Å². The van der Waals surface area contributed by atoms with Gasteiger partial charge in [-0.2, -0.15) is 11.8 Å². The highest BCUT2D eigenvalue weighted by molar-refractivity contribution is 8.00. The normalized spacial score (nSPS) is 10.8. The molecule has 6 heteroatoms. The highest BCUT2D eigenvalue weighted by Crippen LogP contribution is 2.31. The monoisotopic (exact) mass is 461 g/mol. The van der Waals surface area contributed by atoms with E-state index in [9.17, 15) is 4.79 Å². The van der Waals surface area contributed by atoms with Crippen LogP contribution in [0.3, 0.4) is 0 Å². The predicted octanol–water partition coefficient (Wildman–Crippen LogP) is 7.13. The molecule has 2 N–H and O–H groups in total. The zero-order chi connectivity index (χ0) is 22.5. The minimum atomic E-state index is -0.698. The standard InChI is InChI=1S/C25H35NO3S2/c1-19-16-22(29-14-9-15-30-3)17-20(2)25(19)26-31-23-12-8-11-21(18-23)10-6-4-5-7-13-24(27)28/h8,11-12,16-18,26H,4-7,9-10,13-15H2,1-3H3,(H,27,28). The van der Waals surface area contributed by atoms with Gasteiger partial charge < -0.3 is 14.6 Å². The van der Waals surface area contributed by atoms with Crippen molar-refractivity contribution in [1.29, 1.82) is 0 Å². The van der Waals surface area contributed by atoms with E-state index in [1.54, 1.807) is 11.9 Å². The Hall–Kier alpha value is -1.79. The third-order valence-electron chi connectivity index (χ3n) is 5.04. The van der Waals surface area contributed by atoms with E-state index >= 15 is 0 Å².